The van der Waals surface area contributed by atoms with Crippen molar-refractivity contribution < 1.29 is 0 Å². The molecule has 2 atom stereocenters. The van der Waals surface area contributed by atoms with Crippen LogP contribution in [0.2, 0.25) is 0 Å². The van der Waals surface area contributed by atoms with Crippen molar-refractivity contribution in [2.45, 2.75) is 11.4 Å². The molecule has 50 valence electrons. The Balaban J connectivity index is 2.13. The second-order valence-corrected chi connectivity index (χ2v) is 4.42. The minimum Gasteiger partial charge on any atom is -0.264 e. The van der Waals surface area contributed by atoms with Gasteiger partial charge in [-0.3, -0.25) is 10.4 Å². The summed E-state index contributed by atoms with van der Waals surface area (Å²) in [6.45, 7) is 0.951. The summed E-state index contributed by atoms with van der Waals surface area (Å²) in [5, 5.41) is 0.458. The lowest BCUT2D eigenvalue weighted by atomic mass is 10.3. The fourth-order valence-corrected chi connectivity index (χ4v) is 2.68. The van der Waals surface area contributed by atoms with Gasteiger partial charge in [-0.25, -0.2) is 5.43 Å². The first kappa shape index (κ1) is 6.15. The van der Waals surface area contributed by atoms with Crippen LogP contribution in [0.15, 0.2) is 4.99 Å². The molecule has 0 amide bonds. The van der Waals surface area contributed by atoms with E-state index in [9.17, 15) is 0 Å². The maximum absolute atomic E-state index is 4.32. The first-order valence-electron chi connectivity index (χ1n) is 2.74. The predicted molar refractivity (Wildman–Crippen MR) is 42.7 cm³/mol. The Bertz CT molecular complexity index is 160. The molecular weight excluding hydrogens is 202 g/mol. The zero-order valence-electron chi connectivity index (χ0n) is 4.60. The highest BCUT2D eigenvalue weighted by Gasteiger charge is 2.32. The summed E-state index contributed by atoms with van der Waals surface area (Å²) in [5.74, 6) is 0. The van der Waals surface area contributed by atoms with Gasteiger partial charge in [0, 0.05) is 6.54 Å². The van der Waals surface area contributed by atoms with Crippen molar-refractivity contribution in [3.05, 3.63) is 0 Å². The Labute approximate surface area is 65.8 Å². The third kappa shape index (κ3) is 1.02. The zero-order valence-corrected chi connectivity index (χ0v) is 7.00. The molecule has 1 saturated heterocycles. The van der Waals surface area contributed by atoms with E-state index < -0.39 is 0 Å². The van der Waals surface area contributed by atoms with E-state index in [1.165, 1.54) is 0 Å². The Morgan fingerprint density at radius 1 is 1.78 bits per heavy atom. The van der Waals surface area contributed by atoms with Gasteiger partial charge in [0.2, 0.25) is 0 Å². The van der Waals surface area contributed by atoms with Crippen molar-refractivity contribution in [2.24, 2.45) is 4.99 Å². The van der Waals surface area contributed by atoms with E-state index in [1.807, 2.05) is 0 Å². The smallest absolute Gasteiger partial charge is 0.136 e. The molecule has 2 rings (SSSR count). The quantitative estimate of drug-likeness (QED) is 0.600. The molecule has 1 unspecified atom stereocenters. The molecule has 0 aromatic rings. The first-order chi connectivity index (χ1) is 4.36. The second kappa shape index (κ2) is 2.23. The van der Waals surface area contributed by atoms with Crippen LogP contribution in [-0.2, 0) is 0 Å². The van der Waals surface area contributed by atoms with Crippen LogP contribution in [0.1, 0.15) is 0 Å². The third-order valence-electron chi connectivity index (χ3n) is 1.40. The number of thioether (sulfide) groups is 1. The summed E-state index contributed by atoms with van der Waals surface area (Å²) in [4.78, 5) is 4.32. The van der Waals surface area contributed by atoms with Crippen molar-refractivity contribution in [2.75, 3.05) is 6.54 Å². The van der Waals surface area contributed by atoms with Gasteiger partial charge in [-0.1, -0.05) is 11.8 Å². The lowest BCUT2D eigenvalue weighted by Crippen LogP contribution is -2.28. The van der Waals surface area contributed by atoms with E-state index in [-0.39, 0.29) is 0 Å². The standard InChI is InChI=1S/C4H6BrN3S/c5-4-7-2-1-6-8-3(2)9-4/h2-3,6,8H,1H2/t2?,3-/m0/s1. The molecule has 2 aliphatic rings. The minimum absolute atomic E-state index is 0.435. The molecule has 0 aromatic heterocycles. The van der Waals surface area contributed by atoms with Crippen LogP contribution in [0.3, 0.4) is 0 Å². The average Bonchev–Trinajstić information content (AvgIpc) is 2.22. The molecule has 2 N–H and O–H groups in total. The Hall–Kier alpha value is 0.420. The van der Waals surface area contributed by atoms with Crippen LogP contribution in [0.5, 0.6) is 0 Å². The lowest BCUT2D eigenvalue weighted by Gasteiger charge is -2.01. The summed E-state index contributed by atoms with van der Waals surface area (Å²) in [7, 11) is 0. The first-order valence-corrected chi connectivity index (χ1v) is 4.42. The molecule has 5 heteroatoms. The fraction of sp³-hybridized carbons (Fsp3) is 0.750. The molecule has 0 aromatic carbocycles. The number of rotatable bonds is 0. The zero-order chi connectivity index (χ0) is 6.27. The average molecular weight is 208 g/mol. The number of hydrogen-bond donors (Lipinski definition) is 2. The Morgan fingerprint density at radius 3 is 3.44 bits per heavy atom. The summed E-state index contributed by atoms with van der Waals surface area (Å²) < 4.78 is 1.02. The van der Waals surface area contributed by atoms with Crippen LogP contribution >= 0.6 is 27.7 Å². The van der Waals surface area contributed by atoms with Crippen molar-refractivity contribution in [3.8, 4) is 0 Å². The van der Waals surface area contributed by atoms with Gasteiger partial charge >= 0.3 is 0 Å². The molecular formula is C4H6BrN3S. The van der Waals surface area contributed by atoms with E-state index in [1.54, 1.807) is 11.8 Å². The van der Waals surface area contributed by atoms with Crippen molar-refractivity contribution >= 4 is 31.6 Å². The van der Waals surface area contributed by atoms with Crippen molar-refractivity contribution in [3.63, 3.8) is 0 Å². The van der Waals surface area contributed by atoms with E-state index in [0.29, 0.717) is 11.4 Å². The Morgan fingerprint density at radius 2 is 2.67 bits per heavy atom. The van der Waals surface area contributed by atoms with Crippen LogP contribution in [-0.4, -0.2) is 21.9 Å². The molecule has 2 aliphatic heterocycles. The van der Waals surface area contributed by atoms with E-state index in [2.05, 4.69) is 31.8 Å². The molecule has 9 heavy (non-hydrogen) atoms. The summed E-state index contributed by atoms with van der Waals surface area (Å²) in [6.07, 6.45) is 0. The Kier molecular flexibility index (Phi) is 1.52. The van der Waals surface area contributed by atoms with Gasteiger partial charge < -0.3 is 0 Å². The molecule has 0 radical (unpaired) electrons. The van der Waals surface area contributed by atoms with Gasteiger partial charge in [0.1, 0.15) is 3.95 Å². The fourth-order valence-electron chi connectivity index (χ4n) is 0.954. The van der Waals surface area contributed by atoms with Crippen LogP contribution in [0.4, 0.5) is 0 Å². The van der Waals surface area contributed by atoms with Gasteiger partial charge in [0.05, 0.1) is 11.4 Å². The SMILES string of the molecule is BrC1=NC2CNN[C@H]2S1. The number of fused-ring (bicyclic) bond motifs is 1. The number of nitrogens with zero attached hydrogens (tertiary/aromatic N) is 1. The molecule has 0 bridgehead atoms. The van der Waals surface area contributed by atoms with Gasteiger partial charge in [-0.05, 0) is 15.9 Å². The largest absolute Gasteiger partial charge is 0.264 e. The molecule has 0 saturated carbocycles. The van der Waals surface area contributed by atoms with Gasteiger partial charge in [0.15, 0.2) is 0 Å². The van der Waals surface area contributed by atoms with Crippen LogP contribution in [0.25, 0.3) is 0 Å². The minimum atomic E-state index is 0.435. The topological polar surface area (TPSA) is 36.4 Å². The summed E-state index contributed by atoms with van der Waals surface area (Å²) >= 11 is 5.07. The normalized spacial score (nSPS) is 40.8. The predicted octanol–water partition coefficient (Wildman–Crippen LogP) is 0.287. The van der Waals surface area contributed by atoms with Crippen molar-refractivity contribution in [1.82, 2.24) is 10.9 Å². The highest BCUT2D eigenvalue weighted by Crippen LogP contribution is 2.29. The maximum Gasteiger partial charge on any atom is 0.136 e. The third-order valence-corrected chi connectivity index (χ3v) is 3.15. The van der Waals surface area contributed by atoms with Crippen LogP contribution in [0, 0.1) is 0 Å². The molecule has 0 spiro atoms. The highest BCUT2D eigenvalue weighted by atomic mass is 79.9. The van der Waals surface area contributed by atoms with Crippen LogP contribution < -0.4 is 10.9 Å². The summed E-state index contributed by atoms with van der Waals surface area (Å²) in [5.41, 5.74) is 6.16. The van der Waals surface area contributed by atoms with E-state index >= 15 is 0 Å². The number of hydrogen-bond acceptors (Lipinski definition) is 4. The van der Waals surface area contributed by atoms with Gasteiger partial charge in [-0.2, -0.15) is 0 Å². The van der Waals surface area contributed by atoms with Gasteiger partial charge in [0.25, 0.3) is 0 Å². The van der Waals surface area contributed by atoms with E-state index in [0.717, 1.165) is 10.5 Å². The van der Waals surface area contributed by atoms with E-state index in [4.69, 9.17) is 0 Å². The van der Waals surface area contributed by atoms with Crippen molar-refractivity contribution in [1.29, 1.82) is 0 Å². The number of hydrazine groups is 1. The second-order valence-electron chi connectivity index (χ2n) is 2.01. The molecule has 3 nitrogen and oxygen atoms in total. The number of nitrogens with one attached hydrogen (secondary N) is 2. The molecule has 2 heterocycles. The number of aliphatic imine (C=N–C) groups is 1. The molecule has 0 aliphatic carbocycles. The molecule has 1 fully saturated rings. The highest BCUT2D eigenvalue weighted by molar-refractivity contribution is 9.22. The lowest BCUT2D eigenvalue weighted by molar-refractivity contribution is 0.668. The number of halogens is 1. The monoisotopic (exact) mass is 207 g/mol. The summed E-state index contributed by atoms with van der Waals surface area (Å²) in [6, 6.07) is 0.435. The maximum atomic E-state index is 4.32. The van der Waals surface area contributed by atoms with Gasteiger partial charge in [-0.15, -0.1) is 0 Å².